The van der Waals surface area contributed by atoms with E-state index in [9.17, 15) is 14.9 Å². The van der Waals surface area contributed by atoms with Gasteiger partial charge in [-0.15, -0.1) is 5.10 Å². The quantitative estimate of drug-likeness (QED) is 0.360. The minimum absolute atomic E-state index is 0.0324. The summed E-state index contributed by atoms with van der Waals surface area (Å²) < 4.78 is 11.2. The first-order valence-corrected chi connectivity index (χ1v) is 5.49. The van der Waals surface area contributed by atoms with Crippen molar-refractivity contribution in [1.82, 2.24) is 15.0 Å². The minimum Gasteiger partial charge on any atom is -0.427 e. The third kappa shape index (κ3) is 3.28. The summed E-state index contributed by atoms with van der Waals surface area (Å²) in [5.74, 6) is 0.156. The van der Waals surface area contributed by atoms with Crippen LogP contribution in [0.2, 0.25) is 0 Å². The Bertz CT molecular complexity index is 622. The molecule has 0 N–H and O–H groups in total. The van der Waals surface area contributed by atoms with Gasteiger partial charge < -0.3 is 9.47 Å². The van der Waals surface area contributed by atoms with E-state index in [1.807, 2.05) is 0 Å². The number of aryl methyl sites for hydroxylation is 1. The maximum absolute atomic E-state index is 11.4. The van der Waals surface area contributed by atoms with Gasteiger partial charge in [-0.25, -0.2) is 9.48 Å². The van der Waals surface area contributed by atoms with Crippen molar-refractivity contribution in [3.63, 3.8) is 0 Å². The number of hydrogen-bond acceptors (Lipinski definition) is 7. The van der Waals surface area contributed by atoms with Crippen LogP contribution in [0.25, 0.3) is 0 Å². The number of carbonyl (C=O) groups is 1. The number of nitrogens with zero attached hydrogens (tertiary/aromatic N) is 4. The number of rotatable bonds is 4. The Morgan fingerprint density at radius 3 is 2.65 bits per heavy atom. The second-order valence-electron chi connectivity index (χ2n) is 3.74. The van der Waals surface area contributed by atoms with E-state index in [4.69, 9.17) is 9.47 Å². The first-order valence-electron chi connectivity index (χ1n) is 5.49. The lowest BCUT2D eigenvalue weighted by Crippen LogP contribution is -2.12. The van der Waals surface area contributed by atoms with Crippen LogP contribution in [0.5, 0.6) is 5.75 Å². The van der Waals surface area contributed by atoms with Gasteiger partial charge in [0.15, 0.2) is 0 Å². The Labute approximate surface area is 112 Å². The summed E-state index contributed by atoms with van der Waals surface area (Å²) in [7, 11) is 1.66. The van der Waals surface area contributed by atoms with E-state index in [2.05, 4.69) is 10.3 Å². The van der Waals surface area contributed by atoms with E-state index in [1.54, 1.807) is 7.05 Å². The number of ether oxygens (including phenoxy) is 2. The molecule has 0 saturated heterocycles. The highest BCUT2D eigenvalue weighted by Crippen LogP contribution is 2.17. The third-order valence-corrected chi connectivity index (χ3v) is 2.39. The summed E-state index contributed by atoms with van der Waals surface area (Å²) in [6.07, 6.45) is 0.541. The van der Waals surface area contributed by atoms with E-state index >= 15 is 0 Å². The van der Waals surface area contributed by atoms with Gasteiger partial charge >= 0.3 is 6.16 Å². The summed E-state index contributed by atoms with van der Waals surface area (Å²) in [6.45, 7) is -0.0324. The molecule has 0 fully saturated rings. The predicted molar refractivity (Wildman–Crippen MR) is 64.9 cm³/mol. The molecule has 2 rings (SSSR count). The van der Waals surface area contributed by atoms with Crippen LogP contribution in [0.15, 0.2) is 30.5 Å². The van der Waals surface area contributed by atoms with Crippen molar-refractivity contribution in [3.05, 3.63) is 46.3 Å². The van der Waals surface area contributed by atoms with Gasteiger partial charge in [-0.1, -0.05) is 5.21 Å². The van der Waals surface area contributed by atoms with E-state index < -0.39 is 11.1 Å². The molecule has 0 aliphatic rings. The first-order chi connectivity index (χ1) is 9.56. The molecule has 0 saturated carbocycles. The highest BCUT2D eigenvalue weighted by Gasteiger charge is 2.10. The van der Waals surface area contributed by atoms with Gasteiger partial charge in [0.25, 0.3) is 5.69 Å². The SMILES string of the molecule is Cn1nncc1COC(=O)Oc1ccc([N+](=O)[O-])cc1. The molecular formula is C11H10N4O5. The Balaban J connectivity index is 1.88. The molecule has 20 heavy (non-hydrogen) atoms. The summed E-state index contributed by atoms with van der Waals surface area (Å²) in [5.41, 5.74) is 0.511. The molecular weight excluding hydrogens is 268 g/mol. The van der Waals surface area contributed by atoms with Crippen molar-refractivity contribution in [2.24, 2.45) is 7.05 Å². The number of non-ortho nitro benzene ring substituents is 1. The molecule has 9 nitrogen and oxygen atoms in total. The lowest BCUT2D eigenvalue weighted by molar-refractivity contribution is -0.384. The van der Waals surface area contributed by atoms with Crippen LogP contribution in [0.3, 0.4) is 0 Å². The normalized spacial score (nSPS) is 10.1. The maximum Gasteiger partial charge on any atom is 0.514 e. The van der Waals surface area contributed by atoms with Gasteiger partial charge in [0, 0.05) is 19.2 Å². The van der Waals surface area contributed by atoms with Gasteiger partial charge in [0.1, 0.15) is 12.4 Å². The predicted octanol–water partition coefficient (Wildman–Crippen LogP) is 1.44. The Hall–Kier alpha value is -2.97. The van der Waals surface area contributed by atoms with Crippen molar-refractivity contribution < 1.29 is 19.2 Å². The van der Waals surface area contributed by atoms with Crippen molar-refractivity contribution in [2.75, 3.05) is 0 Å². The van der Waals surface area contributed by atoms with Crippen LogP contribution < -0.4 is 4.74 Å². The molecule has 0 atom stereocenters. The number of aromatic nitrogens is 3. The highest BCUT2D eigenvalue weighted by molar-refractivity contribution is 5.63. The molecule has 0 aliphatic heterocycles. The van der Waals surface area contributed by atoms with Crippen LogP contribution in [0, 0.1) is 10.1 Å². The zero-order valence-electron chi connectivity index (χ0n) is 10.4. The topological polar surface area (TPSA) is 109 Å². The average Bonchev–Trinajstić information content (AvgIpc) is 2.82. The molecule has 0 unspecified atom stereocenters. The molecule has 0 radical (unpaired) electrons. The fourth-order valence-corrected chi connectivity index (χ4v) is 1.34. The van der Waals surface area contributed by atoms with Gasteiger partial charge in [-0.05, 0) is 12.1 Å². The molecule has 0 aliphatic carbocycles. The fourth-order valence-electron chi connectivity index (χ4n) is 1.34. The molecule has 1 aromatic carbocycles. The zero-order valence-corrected chi connectivity index (χ0v) is 10.4. The van der Waals surface area contributed by atoms with E-state index in [0.29, 0.717) is 5.69 Å². The van der Waals surface area contributed by atoms with E-state index in [-0.39, 0.29) is 18.0 Å². The molecule has 2 aromatic rings. The molecule has 0 spiro atoms. The maximum atomic E-state index is 11.4. The Morgan fingerprint density at radius 2 is 2.10 bits per heavy atom. The first kappa shape index (κ1) is 13.5. The number of nitro benzene ring substituents is 1. The molecule has 1 heterocycles. The molecule has 9 heteroatoms. The lowest BCUT2D eigenvalue weighted by atomic mass is 10.3. The average molecular weight is 278 g/mol. The van der Waals surface area contributed by atoms with Gasteiger partial charge in [0.05, 0.1) is 16.8 Å². The highest BCUT2D eigenvalue weighted by atomic mass is 16.7. The second-order valence-corrected chi connectivity index (χ2v) is 3.74. The van der Waals surface area contributed by atoms with Gasteiger partial charge in [-0.3, -0.25) is 10.1 Å². The smallest absolute Gasteiger partial charge is 0.427 e. The van der Waals surface area contributed by atoms with Crippen LogP contribution in [0.4, 0.5) is 10.5 Å². The number of nitro groups is 1. The molecule has 104 valence electrons. The van der Waals surface area contributed by atoms with Crippen molar-refractivity contribution in [2.45, 2.75) is 6.61 Å². The van der Waals surface area contributed by atoms with Gasteiger partial charge in [-0.2, -0.15) is 0 Å². The molecule has 1 aromatic heterocycles. The second kappa shape index (κ2) is 5.78. The monoisotopic (exact) mass is 278 g/mol. The zero-order chi connectivity index (χ0) is 14.5. The largest absolute Gasteiger partial charge is 0.514 e. The van der Waals surface area contributed by atoms with E-state index in [0.717, 1.165) is 0 Å². The van der Waals surface area contributed by atoms with Crippen LogP contribution >= 0.6 is 0 Å². The number of hydrogen-bond donors (Lipinski definition) is 0. The number of benzene rings is 1. The summed E-state index contributed by atoms with van der Waals surface area (Å²) in [6, 6.07) is 5.08. The van der Waals surface area contributed by atoms with Crippen LogP contribution in [0.1, 0.15) is 5.69 Å². The van der Waals surface area contributed by atoms with Crippen LogP contribution in [-0.2, 0) is 18.4 Å². The fraction of sp³-hybridized carbons (Fsp3) is 0.182. The summed E-state index contributed by atoms with van der Waals surface area (Å²) in [5, 5.41) is 17.8. The summed E-state index contributed by atoms with van der Waals surface area (Å²) >= 11 is 0. The van der Waals surface area contributed by atoms with Gasteiger partial charge in [0.2, 0.25) is 0 Å². The number of carbonyl (C=O) groups excluding carboxylic acids is 1. The van der Waals surface area contributed by atoms with Crippen molar-refractivity contribution >= 4 is 11.8 Å². The Morgan fingerprint density at radius 1 is 1.40 bits per heavy atom. The lowest BCUT2D eigenvalue weighted by Gasteiger charge is -2.05. The molecule has 0 bridgehead atoms. The minimum atomic E-state index is -0.917. The molecule has 0 amide bonds. The third-order valence-electron chi connectivity index (χ3n) is 2.39. The van der Waals surface area contributed by atoms with Crippen LogP contribution in [-0.4, -0.2) is 26.1 Å². The summed E-state index contributed by atoms with van der Waals surface area (Å²) in [4.78, 5) is 21.3. The standard InChI is InChI=1S/C11H10N4O5/c1-14-9(6-12-13-14)7-19-11(16)20-10-4-2-8(3-5-10)15(17)18/h2-6H,7H2,1H3. The van der Waals surface area contributed by atoms with E-state index in [1.165, 1.54) is 35.1 Å². The van der Waals surface area contributed by atoms with Crippen molar-refractivity contribution in [1.29, 1.82) is 0 Å². The Kier molecular flexibility index (Phi) is 3.89. The van der Waals surface area contributed by atoms with Crippen molar-refractivity contribution in [3.8, 4) is 5.75 Å².